The minimum Gasteiger partial charge on any atom is -0.330 e. The van der Waals surface area contributed by atoms with Gasteiger partial charge >= 0.3 is 5.97 Å². The van der Waals surface area contributed by atoms with E-state index in [0.29, 0.717) is 12.2 Å². The van der Waals surface area contributed by atoms with Crippen LogP contribution in [0.3, 0.4) is 0 Å². The topological polar surface area (TPSA) is 215 Å². The highest BCUT2D eigenvalue weighted by Crippen LogP contribution is 2.28. The number of imide groups is 1. The molecule has 0 saturated carbocycles. The lowest BCUT2D eigenvalue weighted by atomic mass is 10.0. The highest BCUT2D eigenvalue weighted by atomic mass is 33.1. The van der Waals surface area contributed by atoms with Crippen molar-refractivity contribution in [3.05, 3.63) is 23.8 Å². The number of Topliss-reactive ketones (excluding diaryl/α,β-unsaturated/α-hetero) is 1. The first-order chi connectivity index (χ1) is 16.5. The lowest BCUT2D eigenvalue weighted by Gasteiger charge is -2.13. The van der Waals surface area contributed by atoms with Crippen LogP contribution in [0.15, 0.2) is 23.2 Å². The van der Waals surface area contributed by atoms with Gasteiger partial charge in [0.1, 0.15) is 5.69 Å². The minimum atomic E-state index is -4.80. The number of nitrogens with one attached hydrogen (secondary N) is 1. The normalized spacial score (nSPS) is 15.6. The number of anilines is 1. The van der Waals surface area contributed by atoms with E-state index in [1.165, 1.54) is 39.8 Å². The Labute approximate surface area is 206 Å². The number of hydrogen-bond donors (Lipinski definition) is 4. The first-order valence-corrected chi connectivity index (χ1v) is 13.7. The second-order valence-electron chi connectivity index (χ2n) is 6.83. The van der Waals surface area contributed by atoms with Crippen LogP contribution in [0.25, 0.3) is 0 Å². The fourth-order valence-corrected chi connectivity index (χ4v) is 5.55. The Kier molecular flexibility index (Phi) is 10.4. The minimum absolute atomic E-state index is 0.00847. The van der Waals surface area contributed by atoms with Gasteiger partial charge in [-0.05, 0) is 24.6 Å². The van der Waals surface area contributed by atoms with Gasteiger partial charge in [0.15, 0.2) is 11.0 Å². The van der Waals surface area contributed by atoms with Crippen molar-refractivity contribution < 1.29 is 47.4 Å². The molecular weight excluding hydrogens is 528 g/mol. The van der Waals surface area contributed by atoms with Crippen LogP contribution in [-0.4, -0.2) is 74.8 Å². The van der Waals surface area contributed by atoms with Gasteiger partial charge in [0.05, 0.1) is 24.5 Å². The van der Waals surface area contributed by atoms with Crippen LogP contribution < -0.4 is 5.23 Å². The Hall–Kier alpha value is -2.79. The Balaban J connectivity index is 1.71. The standard InChI is InChI=1S/C18H20N4O10S3/c19-10-20-11-3-4-13(22(27)28)12(8-11)14(23)2-1-6-33-34-7-5-17(25)32-21-16(24)9-15(18(21)26)35(29,30)31/h3-4,8,15,19,27-28H,1-2,5-7,9H2,(H,29,30,31). The number of amides is 2. The summed E-state index contributed by atoms with van der Waals surface area (Å²) in [6.45, 7) is 0. The van der Waals surface area contributed by atoms with Crippen LogP contribution in [0, 0.1) is 5.41 Å². The van der Waals surface area contributed by atoms with Crippen LogP contribution in [-0.2, 0) is 29.3 Å². The highest BCUT2D eigenvalue weighted by Gasteiger charge is 2.48. The van der Waals surface area contributed by atoms with Gasteiger partial charge in [0.25, 0.3) is 21.9 Å². The number of aliphatic imine (C=N–C) groups is 1. The van der Waals surface area contributed by atoms with Crippen molar-refractivity contribution >= 4 is 72.7 Å². The van der Waals surface area contributed by atoms with Crippen LogP contribution in [0.5, 0.6) is 0 Å². The monoisotopic (exact) mass is 548 g/mol. The van der Waals surface area contributed by atoms with E-state index in [1.54, 1.807) is 0 Å². The Morgan fingerprint density at radius 2 is 1.91 bits per heavy atom. The van der Waals surface area contributed by atoms with Gasteiger partial charge in [0.2, 0.25) is 0 Å². The maximum atomic E-state index is 12.5. The second-order valence-corrected chi connectivity index (χ2v) is 11.1. The van der Waals surface area contributed by atoms with Crippen molar-refractivity contribution in [1.29, 1.82) is 5.41 Å². The number of carbonyl (C=O) groups excluding carboxylic acids is 4. The lowest BCUT2D eigenvalue weighted by Crippen LogP contribution is -2.36. The molecule has 1 aliphatic heterocycles. The van der Waals surface area contributed by atoms with Gasteiger partial charge in [-0.15, -0.1) is 10.3 Å². The number of hydroxylamine groups is 2. The van der Waals surface area contributed by atoms with Gasteiger partial charge < -0.3 is 4.84 Å². The zero-order chi connectivity index (χ0) is 26.2. The molecule has 2 rings (SSSR count). The first kappa shape index (κ1) is 28.4. The summed E-state index contributed by atoms with van der Waals surface area (Å²) in [5.41, 5.74) is 0.114. The molecule has 190 valence electrons. The summed E-state index contributed by atoms with van der Waals surface area (Å²) in [6.07, 6.45) is -0.521. The van der Waals surface area contributed by atoms with E-state index in [4.69, 9.17) is 9.96 Å². The third-order valence-electron chi connectivity index (χ3n) is 4.40. The molecule has 0 aromatic heterocycles. The Morgan fingerprint density at radius 3 is 2.51 bits per heavy atom. The fourth-order valence-electron chi connectivity index (χ4n) is 2.78. The van der Waals surface area contributed by atoms with E-state index in [2.05, 4.69) is 9.83 Å². The van der Waals surface area contributed by atoms with E-state index in [0.717, 1.165) is 0 Å². The molecule has 1 atom stereocenters. The second kappa shape index (κ2) is 12.8. The van der Waals surface area contributed by atoms with Crippen LogP contribution in [0.1, 0.15) is 36.0 Å². The van der Waals surface area contributed by atoms with E-state index in [9.17, 15) is 38.0 Å². The molecule has 1 aromatic rings. The van der Waals surface area contributed by atoms with E-state index in [-0.39, 0.29) is 51.6 Å². The summed E-state index contributed by atoms with van der Waals surface area (Å²) in [7, 11) is -2.20. The average Bonchev–Trinajstić information content (AvgIpc) is 3.07. The Morgan fingerprint density at radius 1 is 1.23 bits per heavy atom. The van der Waals surface area contributed by atoms with Crippen molar-refractivity contribution in [1.82, 2.24) is 5.06 Å². The number of rotatable bonds is 13. The lowest BCUT2D eigenvalue weighted by molar-refractivity contribution is -0.197. The molecule has 1 aromatic carbocycles. The largest absolute Gasteiger partial charge is 0.334 e. The molecule has 1 saturated heterocycles. The van der Waals surface area contributed by atoms with Crippen molar-refractivity contribution in [2.45, 2.75) is 30.9 Å². The summed E-state index contributed by atoms with van der Waals surface area (Å²) >= 11 is 0. The SMILES string of the molecule is N=C=Nc1ccc(N(O)O)c(C(=O)CCCSSCCC(=O)ON2C(=O)CC(S(=O)(=O)O)C2=O)c1. The molecule has 2 amide bonds. The third kappa shape index (κ3) is 8.14. The molecule has 0 bridgehead atoms. The summed E-state index contributed by atoms with van der Waals surface area (Å²) < 4.78 is 31.1. The van der Waals surface area contributed by atoms with Gasteiger partial charge in [-0.3, -0.25) is 29.4 Å². The van der Waals surface area contributed by atoms with Crippen LogP contribution >= 0.6 is 21.6 Å². The predicted molar refractivity (Wildman–Crippen MR) is 123 cm³/mol. The average molecular weight is 549 g/mol. The number of carbonyl (C=O) groups is 4. The molecule has 1 fully saturated rings. The first-order valence-electron chi connectivity index (χ1n) is 9.71. The smallest absolute Gasteiger partial charge is 0.330 e. The van der Waals surface area contributed by atoms with Crippen molar-refractivity contribution in [3.8, 4) is 0 Å². The van der Waals surface area contributed by atoms with Crippen molar-refractivity contribution in [2.24, 2.45) is 4.99 Å². The summed E-state index contributed by atoms with van der Waals surface area (Å²) in [4.78, 5) is 56.0. The molecule has 14 nitrogen and oxygen atoms in total. The van der Waals surface area contributed by atoms with Crippen LogP contribution in [0.4, 0.5) is 11.4 Å². The number of benzene rings is 1. The molecule has 1 heterocycles. The van der Waals surface area contributed by atoms with Gasteiger partial charge in [-0.25, -0.2) is 10.2 Å². The number of ketones is 1. The van der Waals surface area contributed by atoms with Gasteiger partial charge in [-0.2, -0.15) is 13.4 Å². The zero-order valence-corrected chi connectivity index (χ0v) is 20.3. The van der Waals surface area contributed by atoms with Gasteiger partial charge in [-0.1, -0.05) is 21.6 Å². The molecule has 1 aliphatic rings. The molecule has 1 unspecified atom stereocenters. The molecular formula is C18H20N4O10S3. The molecule has 4 N–H and O–H groups in total. The molecule has 0 aliphatic carbocycles. The number of hydrogen-bond acceptors (Lipinski definition) is 14. The van der Waals surface area contributed by atoms with E-state index < -0.39 is 39.6 Å². The zero-order valence-electron chi connectivity index (χ0n) is 17.8. The van der Waals surface area contributed by atoms with Gasteiger partial charge in [0, 0.05) is 23.5 Å². The van der Waals surface area contributed by atoms with E-state index >= 15 is 0 Å². The third-order valence-corrected chi connectivity index (χ3v) is 7.98. The molecule has 0 radical (unpaired) electrons. The predicted octanol–water partition coefficient (Wildman–Crippen LogP) is 1.86. The fraction of sp³-hybridized carbons (Fsp3) is 0.389. The summed E-state index contributed by atoms with van der Waals surface area (Å²) in [6, 6.07) is 5.78. The molecule has 35 heavy (non-hydrogen) atoms. The Bertz CT molecular complexity index is 1150. The molecule has 17 heteroatoms. The summed E-state index contributed by atoms with van der Waals surface area (Å²) in [5, 5.41) is 23.3. The van der Waals surface area contributed by atoms with Crippen LogP contribution in [0.2, 0.25) is 0 Å². The molecule has 0 spiro atoms. The van der Waals surface area contributed by atoms with Crippen molar-refractivity contribution in [3.63, 3.8) is 0 Å². The van der Waals surface area contributed by atoms with E-state index in [1.807, 2.05) is 6.01 Å². The highest BCUT2D eigenvalue weighted by molar-refractivity contribution is 8.76. The maximum absolute atomic E-state index is 12.5. The number of nitrogens with zero attached hydrogens (tertiary/aromatic N) is 3. The van der Waals surface area contributed by atoms with Crippen molar-refractivity contribution in [2.75, 3.05) is 16.7 Å². The quantitative estimate of drug-likeness (QED) is 0.0527. The maximum Gasteiger partial charge on any atom is 0.334 e. The summed E-state index contributed by atoms with van der Waals surface area (Å²) in [5.74, 6) is -2.98.